The van der Waals surface area contributed by atoms with Gasteiger partial charge in [0.2, 0.25) is 10.0 Å². The molecule has 0 aromatic carbocycles. The Kier molecular flexibility index (Phi) is 6.36. The minimum atomic E-state index is -3.72. The molecular weight excluding hydrogens is 314 g/mol. The first-order valence-corrected chi connectivity index (χ1v) is 8.43. The highest BCUT2D eigenvalue weighted by molar-refractivity contribution is 7.90. The lowest BCUT2D eigenvalue weighted by Crippen LogP contribution is -2.37. The van der Waals surface area contributed by atoms with E-state index in [4.69, 9.17) is 5.73 Å². The lowest BCUT2D eigenvalue weighted by Gasteiger charge is -2.11. The zero-order chi connectivity index (χ0) is 14.0. The van der Waals surface area contributed by atoms with Gasteiger partial charge in [-0.15, -0.1) is 12.4 Å². The Bertz CT molecular complexity index is 613. The van der Waals surface area contributed by atoms with Crippen LogP contribution in [0.3, 0.4) is 0 Å². The van der Waals surface area contributed by atoms with Crippen molar-refractivity contribution in [3.63, 3.8) is 0 Å². The van der Waals surface area contributed by atoms with Crippen LogP contribution in [0.5, 0.6) is 0 Å². The van der Waals surface area contributed by atoms with E-state index in [0.29, 0.717) is 0 Å². The molecule has 1 aromatic rings. The molecule has 0 aliphatic carbocycles. The second kappa shape index (κ2) is 6.62. The summed E-state index contributed by atoms with van der Waals surface area (Å²) in [4.78, 5) is 3.51. The zero-order valence-electron chi connectivity index (χ0n) is 10.4. The van der Waals surface area contributed by atoms with Crippen molar-refractivity contribution in [1.82, 2.24) is 9.71 Å². The van der Waals surface area contributed by atoms with E-state index >= 15 is 0 Å². The average Bonchev–Trinajstić information content (AvgIpc) is 2.27. The van der Waals surface area contributed by atoms with Crippen molar-refractivity contribution >= 4 is 32.3 Å². The first-order valence-electron chi connectivity index (χ1n) is 5.05. The number of nitrogens with one attached hydrogen (secondary N) is 1. The van der Waals surface area contributed by atoms with Crippen LogP contribution in [-0.2, 0) is 19.9 Å². The third-order valence-corrected chi connectivity index (χ3v) is 4.69. The molecule has 7 nitrogen and oxygen atoms in total. The summed E-state index contributed by atoms with van der Waals surface area (Å²) in [6, 6.07) is 1.93. The van der Waals surface area contributed by atoms with Crippen LogP contribution >= 0.6 is 12.4 Å². The third-order valence-electron chi connectivity index (χ3n) is 2.11. The highest BCUT2D eigenvalue weighted by Gasteiger charge is 2.18. The molecule has 1 heterocycles. The van der Waals surface area contributed by atoms with Crippen molar-refractivity contribution in [3.8, 4) is 0 Å². The molecule has 0 saturated carbocycles. The van der Waals surface area contributed by atoms with Crippen LogP contribution < -0.4 is 10.5 Å². The Morgan fingerprint density at radius 2 is 1.89 bits per heavy atom. The minimum Gasteiger partial charge on any atom is -0.329 e. The highest BCUT2D eigenvalue weighted by Crippen LogP contribution is 2.11. The molecule has 0 radical (unpaired) electrons. The van der Waals surface area contributed by atoms with Gasteiger partial charge in [-0.1, -0.05) is 0 Å². The highest BCUT2D eigenvalue weighted by atomic mass is 35.5. The molecule has 1 atom stereocenters. The standard InChI is InChI=1S/C9H15N3O4S2.ClH/c1-7(5-10)12-18(15,16)8-3-4-9(11-6-8)17(2,13)14;/h3-4,6-7,12H,5,10H2,1-2H3;1H/t7-;/m0./s1. The van der Waals surface area contributed by atoms with Crippen LogP contribution in [0.25, 0.3) is 0 Å². The Labute approximate surface area is 119 Å². The lowest BCUT2D eigenvalue weighted by atomic mass is 10.4. The number of hydrogen-bond acceptors (Lipinski definition) is 6. The van der Waals surface area contributed by atoms with Gasteiger partial charge >= 0.3 is 0 Å². The third kappa shape index (κ3) is 5.03. The minimum absolute atomic E-state index is 0. The predicted octanol–water partition coefficient (Wildman–Crippen LogP) is -0.468. The number of aromatic nitrogens is 1. The van der Waals surface area contributed by atoms with Gasteiger partial charge in [-0.3, -0.25) is 0 Å². The number of rotatable bonds is 5. The maximum absolute atomic E-state index is 11.8. The van der Waals surface area contributed by atoms with E-state index in [1.807, 2.05) is 0 Å². The Morgan fingerprint density at radius 3 is 2.26 bits per heavy atom. The fourth-order valence-electron chi connectivity index (χ4n) is 1.13. The number of nitrogens with zero attached hydrogens (tertiary/aromatic N) is 1. The van der Waals surface area contributed by atoms with Crippen LogP contribution in [0, 0.1) is 0 Å². The first-order chi connectivity index (χ1) is 8.16. The monoisotopic (exact) mass is 329 g/mol. The number of sulfone groups is 1. The number of hydrogen-bond donors (Lipinski definition) is 2. The summed E-state index contributed by atoms with van der Waals surface area (Å²) in [5, 5.41) is -0.173. The van der Waals surface area contributed by atoms with E-state index in [1.165, 1.54) is 6.07 Å². The molecular formula is C9H16ClN3O4S2. The molecule has 19 heavy (non-hydrogen) atoms. The molecule has 3 N–H and O–H groups in total. The van der Waals surface area contributed by atoms with Gasteiger partial charge in [0, 0.05) is 25.0 Å². The fraction of sp³-hybridized carbons (Fsp3) is 0.444. The summed E-state index contributed by atoms with van der Waals surface area (Å²) < 4.78 is 48.3. The van der Waals surface area contributed by atoms with Gasteiger partial charge in [-0.2, -0.15) is 0 Å². The van der Waals surface area contributed by atoms with Gasteiger partial charge in [-0.25, -0.2) is 26.5 Å². The SMILES string of the molecule is C[C@@H](CN)NS(=O)(=O)c1ccc(S(C)(=O)=O)nc1.Cl. The molecule has 0 aliphatic rings. The molecule has 1 rings (SSSR count). The van der Waals surface area contributed by atoms with Crippen molar-refractivity contribution in [2.45, 2.75) is 22.9 Å². The van der Waals surface area contributed by atoms with E-state index in [1.54, 1.807) is 6.92 Å². The quantitative estimate of drug-likeness (QED) is 0.754. The van der Waals surface area contributed by atoms with Crippen LogP contribution in [0.1, 0.15) is 6.92 Å². The lowest BCUT2D eigenvalue weighted by molar-refractivity contribution is 0.561. The van der Waals surface area contributed by atoms with E-state index in [0.717, 1.165) is 18.5 Å². The largest absolute Gasteiger partial charge is 0.329 e. The van der Waals surface area contributed by atoms with Crippen molar-refractivity contribution in [2.75, 3.05) is 12.8 Å². The van der Waals surface area contributed by atoms with Gasteiger partial charge in [0.05, 0.1) is 0 Å². The molecule has 0 bridgehead atoms. The summed E-state index contributed by atoms with van der Waals surface area (Å²) in [6.45, 7) is 1.78. The van der Waals surface area contributed by atoms with E-state index in [2.05, 4.69) is 9.71 Å². The van der Waals surface area contributed by atoms with Crippen molar-refractivity contribution in [3.05, 3.63) is 18.3 Å². The maximum atomic E-state index is 11.8. The van der Waals surface area contributed by atoms with Gasteiger partial charge in [0.25, 0.3) is 0 Å². The Balaban J connectivity index is 0.00000324. The normalized spacial score (nSPS) is 13.6. The van der Waals surface area contributed by atoms with E-state index in [-0.39, 0.29) is 28.9 Å². The summed E-state index contributed by atoms with van der Waals surface area (Å²) in [5.74, 6) is 0. The van der Waals surface area contributed by atoms with E-state index in [9.17, 15) is 16.8 Å². The molecule has 1 aromatic heterocycles. The molecule has 0 spiro atoms. The Morgan fingerprint density at radius 1 is 1.32 bits per heavy atom. The summed E-state index contributed by atoms with van der Waals surface area (Å²) >= 11 is 0. The summed E-state index contributed by atoms with van der Waals surface area (Å²) in [7, 11) is -7.16. The molecule has 10 heteroatoms. The predicted molar refractivity (Wildman–Crippen MR) is 73.4 cm³/mol. The Hall–Kier alpha value is -0.740. The maximum Gasteiger partial charge on any atom is 0.242 e. The van der Waals surface area contributed by atoms with Gasteiger partial charge in [-0.05, 0) is 19.1 Å². The fourth-order valence-corrected chi connectivity index (χ4v) is 2.89. The van der Waals surface area contributed by atoms with Crippen LogP contribution in [0.4, 0.5) is 0 Å². The van der Waals surface area contributed by atoms with E-state index < -0.39 is 25.9 Å². The van der Waals surface area contributed by atoms with Gasteiger partial charge in [0.1, 0.15) is 4.90 Å². The number of sulfonamides is 1. The van der Waals surface area contributed by atoms with Crippen molar-refractivity contribution in [1.29, 1.82) is 0 Å². The first kappa shape index (κ1) is 18.3. The number of halogens is 1. The van der Waals surface area contributed by atoms with Crippen LogP contribution in [-0.4, -0.2) is 40.7 Å². The molecule has 0 unspecified atom stereocenters. The second-order valence-corrected chi connectivity index (χ2v) is 7.54. The summed E-state index contributed by atoms with van der Waals surface area (Å²) in [6.07, 6.45) is 2.00. The second-order valence-electron chi connectivity index (χ2n) is 3.86. The molecule has 0 amide bonds. The number of nitrogens with two attached hydrogens (primary N) is 1. The van der Waals surface area contributed by atoms with Crippen molar-refractivity contribution in [2.24, 2.45) is 5.73 Å². The van der Waals surface area contributed by atoms with Gasteiger partial charge in [0.15, 0.2) is 14.9 Å². The molecule has 0 aliphatic heterocycles. The molecule has 0 saturated heterocycles. The summed E-state index contributed by atoms with van der Waals surface area (Å²) in [5.41, 5.74) is 5.32. The smallest absolute Gasteiger partial charge is 0.242 e. The number of pyridine rings is 1. The van der Waals surface area contributed by atoms with Crippen LogP contribution in [0.15, 0.2) is 28.3 Å². The van der Waals surface area contributed by atoms with Crippen molar-refractivity contribution < 1.29 is 16.8 Å². The average molecular weight is 330 g/mol. The topological polar surface area (TPSA) is 119 Å². The molecule has 0 fully saturated rings. The molecule has 110 valence electrons. The van der Waals surface area contributed by atoms with Crippen LogP contribution in [0.2, 0.25) is 0 Å². The van der Waals surface area contributed by atoms with Gasteiger partial charge < -0.3 is 5.73 Å². The zero-order valence-corrected chi connectivity index (χ0v) is 12.8.